The molecule has 114 valence electrons. The van der Waals surface area contributed by atoms with Gasteiger partial charge in [-0.1, -0.05) is 24.3 Å². The van der Waals surface area contributed by atoms with Gasteiger partial charge in [-0.2, -0.15) is 0 Å². The van der Waals surface area contributed by atoms with Crippen molar-refractivity contribution >= 4 is 5.91 Å². The Bertz CT molecular complexity index is 495. The van der Waals surface area contributed by atoms with E-state index in [0.717, 1.165) is 45.5 Å². The molecule has 1 saturated heterocycles. The second kappa shape index (κ2) is 6.58. The summed E-state index contributed by atoms with van der Waals surface area (Å²) < 4.78 is 5.22. The van der Waals surface area contributed by atoms with Crippen molar-refractivity contribution in [2.45, 2.75) is 31.8 Å². The normalized spacial score (nSPS) is 22.9. The first-order valence-electron chi connectivity index (χ1n) is 7.86. The van der Waals surface area contributed by atoms with Crippen molar-refractivity contribution in [1.29, 1.82) is 0 Å². The first-order valence-corrected chi connectivity index (χ1v) is 7.86. The van der Waals surface area contributed by atoms with Gasteiger partial charge in [0.25, 0.3) is 0 Å². The van der Waals surface area contributed by atoms with E-state index in [0.29, 0.717) is 5.92 Å². The summed E-state index contributed by atoms with van der Waals surface area (Å²) in [7, 11) is 1.75. The van der Waals surface area contributed by atoms with Gasteiger partial charge in [0, 0.05) is 33.4 Å². The fourth-order valence-corrected chi connectivity index (χ4v) is 3.41. The summed E-state index contributed by atoms with van der Waals surface area (Å²) in [6, 6.07) is 8.34. The van der Waals surface area contributed by atoms with E-state index in [4.69, 9.17) is 4.74 Å². The van der Waals surface area contributed by atoms with Gasteiger partial charge in [0.1, 0.15) is 0 Å². The molecule has 1 amide bonds. The summed E-state index contributed by atoms with van der Waals surface area (Å²) in [5.74, 6) is 0.875. The van der Waals surface area contributed by atoms with Gasteiger partial charge in [0.05, 0.1) is 6.04 Å². The number of methoxy groups -OCH3 is 1. The number of rotatable bonds is 3. The minimum atomic E-state index is -0.0566. The minimum Gasteiger partial charge on any atom is -0.384 e. The number of carbonyl (C=O) groups excluding carboxylic acids is 1. The van der Waals surface area contributed by atoms with E-state index in [1.165, 1.54) is 11.1 Å². The number of nitrogens with one attached hydrogen (secondary N) is 1. The standard InChI is InChI=1S/C17H24N2O2/c1-21-12-13-6-8-19(9-7-13)17(20)16-10-14-4-2-3-5-15(14)11-18-16/h2-5,13,16,18H,6-12H2,1H3/t16-/m0/s1. The van der Waals surface area contributed by atoms with Crippen LogP contribution in [0.15, 0.2) is 24.3 Å². The second-order valence-electron chi connectivity index (χ2n) is 6.13. The number of amides is 1. The smallest absolute Gasteiger partial charge is 0.240 e. The molecule has 4 nitrogen and oxygen atoms in total. The molecule has 1 aromatic rings. The van der Waals surface area contributed by atoms with Crippen molar-refractivity contribution in [2.75, 3.05) is 26.8 Å². The number of nitrogens with zero attached hydrogens (tertiary/aromatic N) is 1. The number of hydrogen-bond donors (Lipinski definition) is 1. The van der Waals surface area contributed by atoms with Crippen LogP contribution in [0.5, 0.6) is 0 Å². The maximum absolute atomic E-state index is 12.7. The van der Waals surface area contributed by atoms with E-state index in [1.54, 1.807) is 7.11 Å². The zero-order chi connectivity index (χ0) is 14.7. The van der Waals surface area contributed by atoms with Gasteiger partial charge in [-0.05, 0) is 36.3 Å². The van der Waals surface area contributed by atoms with Crippen LogP contribution in [0.25, 0.3) is 0 Å². The van der Waals surface area contributed by atoms with Crippen molar-refractivity contribution in [3.05, 3.63) is 35.4 Å². The largest absolute Gasteiger partial charge is 0.384 e. The van der Waals surface area contributed by atoms with Crippen LogP contribution in [-0.4, -0.2) is 43.7 Å². The average Bonchev–Trinajstić information content (AvgIpc) is 2.55. The zero-order valence-electron chi connectivity index (χ0n) is 12.7. The Labute approximate surface area is 126 Å². The van der Waals surface area contributed by atoms with Crippen molar-refractivity contribution < 1.29 is 9.53 Å². The van der Waals surface area contributed by atoms with Crippen LogP contribution in [0.4, 0.5) is 0 Å². The van der Waals surface area contributed by atoms with E-state index >= 15 is 0 Å². The Morgan fingerprint density at radius 3 is 2.71 bits per heavy atom. The highest BCUT2D eigenvalue weighted by atomic mass is 16.5. The molecular weight excluding hydrogens is 264 g/mol. The maximum atomic E-state index is 12.7. The monoisotopic (exact) mass is 288 g/mol. The molecule has 0 aromatic heterocycles. The highest BCUT2D eigenvalue weighted by Gasteiger charge is 2.30. The molecule has 2 heterocycles. The molecule has 0 bridgehead atoms. The number of likely N-dealkylation sites (tertiary alicyclic amines) is 1. The predicted molar refractivity (Wildman–Crippen MR) is 82.0 cm³/mol. The number of fused-ring (bicyclic) bond motifs is 1. The van der Waals surface area contributed by atoms with Crippen molar-refractivity contribution in [2.24, 2.45) is 5.92 Å². The van der Waals surface area contributed by atoms with E-state index in [1.807, 2.05) is 4.90 Å². The molecule has 4 heteroatoms. The number of benzene rings is 1. The lowest BCUT2D eigenvalue weighted by molar-refractivity contribution is -0.135. The Kier molecular flexibility index (Phi) is 4.56. The third kappa shape index (κ3) is 3.27. The molecule has 1 atom stereocenters. The SMILES string of the molecule is COCC1CCN(C(=O)[C@@H]2Cc3ccccc3CN2)CC1. The Hall–Kier alpha value is -1.39. The first-order chi connectivity index (χ1) is 10.3. The van der Waals surface area contributed by atoms with E-state index in [-0.39, 0.29) is 11.9 Å². The van der Waals surface area contributed by atoms with Crippen LogP contribution in [0.2, 0.25) is 0 Å². The fraction of sp³-hybridized carbons (Fsp3) is 0.588. The quantitative estimate of drug-likeness (QED) is 0.918. The highest BCUT2D eigenvalue weighted by Crippen LogP contribution is 2.21. The van der Waals surface area contributed by atoms with Crippen LogP contribution in [0.3, 0.4) is 0 Å². The summed E-state index contributed by atoms with van der Waals surface area (Å²) in [6.07, 6.45) is 2.93. The third-order valence-electron chi connectivity index (χ3n) is 4.71. The molecule has 1 N–H and O–H groups in total. The van der Waals surface area contributed by atoms with Crippen LogP contribution in [0, 0.1) is 5.92 Å². The van der Waals surface area contributed by atoms with Crippen molar-refractivity contribution in [3.8, 4) is 0 Å². The van der Waals surface area contributed by atoms with Gasteiger partial charge >= 0.3 is 0 Å². The van der Waals surface area contributed by atoms with Gasteiger partial charge in [-0.25, -0.2) is 0 Å². The summed E-state index contributed by atoms with van der Waals surface area (Å²) >= 11 is 0. The molecule has 3 rings (SSSR count). The first kappa shape index (κ1) is 14.5. The van der Waals surface area contributed by atoms with Crippen LogP contribution >= 0.6 is 0 Å². The summed E-state index contributed by atoms with van der Waals surface area (Å²) in [4.78, 5) is 14.7. The van der Waals surface area contributed by atoms with Crippen LogP contribution in [0.1, 0.15) is 24.0 Å². The van der Waals surface area contributed by atoms with E-state index < -0.39 is 0 Å². The molecule has 21 heavy (non-hydrogen) atoms. The van der Waals surface area contributed by atoms with Crippen LogP contribution < -0.4 is 5.32 Å². The third-order valence-corrected chi connectivity index (χ3v) is 4.71. The van der Waals surface area contributed by atoms with Crippen molar-refractivity contribution in [1.82, 2.24) is 10.2 Å². The zero-order valence-corrected chi connectivity index (χ0v) is 12.7. The molecule has 0 saturated carbocycles. The lowest BCUT2D eigenvalue weighted by Gasteiger charge is -2.35. The van der Waals surface area contributed by atoms with Crippen molar-refractivity contribution in [3.63, 3.8) is 0 Å². The topological polar surface area (TPSA) is 41.6 Å². The molecule has 2 aliphatic heterocycles. The minimum absolute atomic E-state index is 0.0566. The molecule has 0 unspecified atom stereocenters. The molecule has 0 aliphatic carbocycles. The summed E-state index contributed by atoms with van der Waals surface area (Å²) in [5.41, 5.74) is 2.63. The van der Waals surface area contributed by atoms with Gasteiger partial charge in [0.15, 0.2) is 0 Å². The molecule has 1 fully saturated rings. The molecule has 2 aliphatic rings. The fourth-order valence-electron chi connectivity index (χ4n) is 3.41. The summed E-state index contributed by atoms with van der Waals surface area (Å²) in [5, 5.41) is 3.39. The molecule has 0 radical (unpaired) electrons. The van der Waals surface area contributed by atoms with E-state index in [2.05, 4.69) is 29.6 Å². The van der Waals surface area contributed by atoms with Gasteiger partial charge in [-0.3, -0.25) is 4.79 Å². The van der Waals surface area contributed by atoms with Crippen LogP contribution in [-0.2, 0) is 22.5 Å². The van der Waals surface area contributed by atoms with E-state index in [9.17, 15) is 4.79 Å². The number of ether oxygens (including phenoxy) is 1. The number of carbonyl (C=O) groups is 1. The number of hydrogen-bond acceptors (Lipinski definition) is 3. The predicted octanol–water partition coefficient (Wildman–Crippen LogP) is 1.59. The Morgan fingerprint density at radius 1 is 1.29 bits per heavy atom. The lowest BCUT2D eigenvalue weighted by atomic mass is 9.93. The lowest BCUT2D eigenvalue weighted by Crippen LogP contribution is -2.51. The van der Waals surface area contributed by atoms with Gasteiger partial charge in [0.2, 0.25) is 5.91 Å². The molecule has 0 spiro atoms. The Balaban J connectivity index is 1.57. The highest BCUT2D eigenvalue weighted by molar-refractivity contribution is 5.82. The summed E-state index contributed by atoms with van der Waals surface area (Å²) in [6.45, 7) is 3.35. The number of piperidine rings is 1. The Morgan fingerprint density at radius 2 is 2.00 bits per heavy atom. The van der Waals surface area contributed by atoms with Gasteiger partial charge < -0.3 is 15.0 Å². The van der Waals surface area contributed by atoms with Gasteiger partial charge in [-0.15, -0.1) is 0 Å². The second-order valence-corrected chi connectivity index (χ2v) is 6.13. The average molecular weight is 288 g/mol. The molecular formula is C17H24N2O2. The molecule has 1 aromatic carbocycles. The maximum Gasteiger partial charge on any atom is 0.240 e.